The molecule has 1 N–H and O–H groups in total. The molecule has 0 amide bonds. The average Bonchev–Trinajstić information content (AvgIpc) is 2.72. The quantitative estimate of drug-likeness (QED) is 0.750. The fourth-order valence-electron chi connectivity index (χ4n) is 2.81. The summed E-state index contributed by atoms with van der Waals surface area (Å²) in [6, 6.07) is 1.33. The highest BCUT2D eigenvalue weighted by Crippen LogP contribution is 2.26. The van der Waals surface area contributed by atoms with Crippen molar-refractivity contribution in [2.45, 2.75) is 57.5 Å². The zero-order valence-corrected chi connectivity index (χ0v) is 9.30. The minimum Gasteiger partial charge on any atom is -0.380 e. The maximum absolute atomic E-state index is 5.38. The van der Waals surface area contributed by atoms with Crippen LogP contribution in [-0.4, -0.2) is 25.3 Å². The topological polar surface area (TPSA) is 21.3 Å². The average molecular weight is 197 g/mol. The summed E-state index contributed by atoms with van der Waals surface area (Å²) in [5.41, 5.74) is 0. The van der Waals surface area contributed by atoms with E-state index in [1.54, 1.807) is 0 Å². The molecule has 0 aromatic heterocycles. The van der Waals surface area contributed by atoms with Crippen LogP contribution in [0.1, 0.15) is 45.4 Å². The second-order valence-corrected chi connectivity index (χ2v) is 4.91. The monoisotopic (exact) mass is 197 g/mol. The Morgan fingerprint density at radius 2 is 1.93 bits per heavy atom. The van der Waals surface area contributed by atoms with E-state index in [0.29, 0.717) is 12.1 Å². The highest BCUT2D eigenvalue weighted by molar-refractivity contribution is 4.81. The molecule has 2 nitrogen and oxygen atoms in total. The molecule has 1 saturated carbocycles. The van der Waals surface area contributed by atoms with Crippen LogP contribution in [0.5, 0.6) is 0 Å². The molecular formula is C12H23NO. The summed E-state index contributed by atoms with van der Waals surface area (Å²) in [6.07, 6.45) is 8.41. The zero-order chi connectivity index (χ0) is 9.80. The third-order valence-corrected chi connectivity index (χ3v) is 3.79. The van der Waals surface area contributed by atoms with Crippen molar-refractivity contribution >= 4 is 0 Å². The molecule has 0 aromatic rings. The molecule has 82 valence electrons. The van der Waals surface area contributed by atoms with Crippen LogP contribution in [0.3, 0.4) is 0 Å². The van der Waals surface area contributed by atoms with Crippen molar-refractivity contribution < 1.29 is 4.74 Å². The number of nitrogens with one attached hydrogen (secondary N) is 1. The van der Waals surface area contributed by atoms with Crippen molar-refractivity contribution in [2.24, 2.45) is 5.92 Å². The molecule has 2 rings (SSSR count). The predicted molar refractivity (Wildman–Crippen MR) is 58.4 cm³/mol. The van der Waals surface area contributed by atoms with Gasteiger partial charge in [-0.05, 0) is 32.1 Å². The first-order chi connectivity index (χ1) is 6.86. The Bertz CT molecular complexity index is 160. The van der Waals surface area contributed by atoms with E-state index in [9.17, 15) is 0 Å². The van der Waals surface area contributed by atoms with Gasteiger partial charge in [0.25, 0.3) is 0 Å². The van der Waals surface area contributed by atoms with Gasteiger partial charge >= 0.3 is 0 Å². The molecule has 0 spiro atoms. The van der Waals surface area contributed by atoms with E-state index in [2.05, 4.69) is 12.2 Å². The van der Waals surface area contributed by atoms with E-state index in [1.807, 2.05) is 0 Å². The van der Waals surface area contributed by atoms with Crippen LogP contribution in [0.4, 0.5) is 0 Å². The number of hydrogen-bond acceptors (Lipinski definition) is 2. The number of rotatable bonds is 3. The number of hydrogen-bond donors (Lipinski definition) is 1. The molecule has 2 unspecified atom stereocenters. The summed E-state index contributed by atoms with van der Waals surface area (Å²) in [5.74, 6) is 0.921. The Balaban J connectivity index is 1.72. The van der Waals surface area contributed by atoms with Gasteiger partial charge in [-0.15, -0.1) is 0 Å². The highest BCUT2D eigenvalue weighted by atomic mass is 16.5. The van der Waals surface area contributed by atoms with E-state index >= 15 is 0 Å². The maximum atomic E-state index is 5.38. The Kier molecular flexibility index (Phi) is 3.82. The van der Waals surface area contributed by atoms with Gasteiger partial charge in [0, 0.05) is 18.7 Å². The molecule has 1 aliphatic carbocycles. The molecule has 2 heteroatoms. The van der Waals surface area contributed by atoms with Gasteiger partial charge in [0.15, 0.2) is 0 Å². The van der Waals surface area contributed by atoms with Gasteiger partial charge in [-0.25, -0.2) is 0 Å². The van der Waals surface area contributed by atoms with Crippen LogP contribution in [0.15, 0.2) is 0 Å². The molecular weight excluding hydrogens is 174 g/mol. The largest absolute Gasteiger partial charge is 0.380 e. The molecule has 2 fully saturated rings. The van der Waals surface area contributed by atoms with Crippen LogP contribution in [0.25, 0.3) is 0 Å². The third kappa shape index (κ3) is 2.71. The molecule has 0 aromatic carbocycles. The van der Waals surface area contributed by atoms with Gasteiger partial charge in [0.2, 0.25) is 0 Å². The lowest BCUT2D eigenvalue weighted by atomic mass is 9.84. The van der Waals surface area contributed by atoms with E-state index in [-0.39, 0.29) is 0 Å². The van der Waals surface area contributed by atoms with Gasteiger partial charge in [0.1, 0.15) is 0 Å². The van der Waals surface area contributed by atoms with Crippen molar-refractivity contribution in [2.75, 3.05) is 13.2 Å². The molecule has 0 radical (unpaired) electrons. The first kappa shape index (κ1) is 10.4. The molecule has 0 bridgehead atoms. The Morgan fingerprint density at radius 3 is 2.57 bits per heavy atom. The van der Waals surface area contributed by atoms with Gasteiger partial charge < -0.3 is 10.1 Å². The van der Waals surface area contributed by atoms with E-state index in [4.69, 9.17) is 4.74 Å². The minimum atomic E-state index is 0.631. The van der Waals surface area contributed by atoms with Crippen LogP contribution in [-0.2, 0) is 4.74 Å². The van der Waals surface area contributed by atoms with Crippen molar-refractivity contribution in [3.8, 4) is 0 Å². The van der Waals surface area contributed by atoms with Crippen LogP contribution < -0.4 is 5.32 Å². The van der Waals surface area contributed by atoms with Gasteiger partial charge in [-0.2, -0.15) is 0 Å². The second-order valence-electron chi connectivity index (χ2n) is 4.91. The van der Waals surface area contributed by atoms with E-state index < -0.39 is 0 Å². The zero-order valence-electron chi connectivity index (χ0n) is 9.30. The fourth-order valence-corrected chi connectivity index (χ4v) is 2.81. The van der Waals surface area contributed by atoms with Crippen molar-refractivity contribution in [3.63, 3.8) is 0 Å². The van der Waals surface area contributed by atoms with Crippen LogP contribution in [0, 0.1) is 5.92 Å². The van der Waals surface area contributed by atoms with Crippen molar-refractivity contribution in [1.82, 2.24) is 5.32 Å². The lowest BCUT2D eigenvalue weighted by Gasteiger charge is -2.30. The third-order valence-electron chi connectivity index (χ3n) is 3.79. The normalized spacial score (nSPS) is 31.9. The summed E-state index contributed by atoms with van der Waals surface area (Å²) in [6.45, 7) is 4.24. The van der Waals surface area contributed by atoms with Crippen LogP contribution in [0.2, 0.25) is 0 Å². The predicted octanol–water partition coefficient (Wildman–Crippen LogP) is 2.33. The van der Waals surface area contributed by atoms with E-state index in [1.165, 1.54) is 38.5 Å². The smallest absolute Gasteiger partial charge is 0.0620 e. The summed E-state index contributed by atoms with van der Waals surface area (Å²) in [5, 5.41) is 3.72. The van der Waals surface area contributed by atoms with Crippen molar-refractivity contribution in [3.05, 3.63) is 0 Å². The highest BCUT2D eigenvalue weighted by Gasteiger charge is 2.23. The summed E-state index contributed by atoms with van der Waals surface area (Å²) >= 11 is 0. The van der Waals surface area contributed by atoms with Gasteiger partial charge in [-0.1, -0.05) is 19.3 Å². The standard InChI is InChI=1S/C12H23NO/c1-10(11-5-3-2-4-6-11)13-12-7-8-14-9-12/h10-13H,2-9H2,1H3. The van der Waals surface area contributed by atoms with Crippen LogP contribution >= 0.6 is 0 Å². The molecule has 2 aliphatic rings. The van der Waals surface area contributed by atoms with E-state index in [0.717, 1.165) is 19.1 Å². The fraction of sp³-hybridized carbons (Fsp3) is 1.00. The number of ether oxygens (including phenoxy) is 1. The first-order valence-corrected chi connectivity index (χ1v) is 6.20. The Hall–Kier alpha value is -0.0800. The van der Waals surface area contributed by atoms with Gasteiger partial charge in [-0.3, -0.25) is 0 Å². The summed E-state index contributed by atoms with van der Waals surface area (Å²) in [4.78, 5) is 0. The second kappa shape index (κ2) is 5.13. The first-order valence-electron chi connectivity index (χ1n) is 6.20. The minimum absolute atomic E-state index is 0.631. The molecule has 1 saturated heterocycles. The Morgan fingerprint density at radius 1 is 1.14 bits per heavy atom. The Labute approximate surface area is 87.4 Å². The molecule has 1 aliphatic heterocycles. The summed E-state index contributed by atoms with van der Waals surface area (Å²) in [7, 11) is 0. The van der Waals surface area contributed by atoms with Crippen molar-refractivity contribution in [1.29, 1.82) is 0 Å². The lowest BCUT2D eigenvalue weighted by molar-refractivity contribution is 0.182. The molecule has 1 heterocycles. The molecule has 2 atom stereocenters. The van der Waals surface area contributed by atoms with Gasteiger partial charge in [0.05, 0.1) is 6.61 Å². The lowest BCUT2D eigenvalue weighted by Crippen LogP contribution is -2.41. The maximum Gasteiger partial charge on any atom is 0.0620 e. The SMILES string of the molecule is CC(NC1CCOC1)C1CCCCC1. The molecule has 14 heavy (non-hydrogen) atoms. The summed E-state index contributed by atoms with van der Waals surface area (Å²) < 4.78 is 5.38.